The molecule has 0 radical (unpaired) electrons. The molecular weight excluding hydrogens is 414 g/mol. The quantitative estimate of drug-likeness (QED) is 0.429. The Bertz CT molecular complexity index is 1100. The number of non-ortho nitro benzene ring substituents is 1. The topological polar surface area (TPSA) is 112 Å². The van der Waals surface area contributed by atoms with E-state index in [0.717, 1.165) is 42.1 Å². The minimum atomic E-state index is -0.503. The van der Waals surface area contributed by atoms with Crippen LogP contribution in [0.25, 0.3) is 6.08 Å². The first kappa shape index (κ1) is 18.9. The van der Waals surface area contributed by atoms with Gasteiger partial charge < -0.3 is 0 Å². The Labute approximate surface area is 183 Å². The predicted octanol–water partition coefficient (Wildman–Crippen LogP) is 4.43. The largest absolute Gasteiger partial charge is 0.283 e. The second kappa shape index (κ2) is 6.59. The lowest BCUT2D eigenvalue weighted by Crippen LogP contribution is -2.49. The summed E-state index contributed by atoms with van der Waals surface area (Å²) in [5.74, 6) is 1.81. The minimum Gasteiger partial charge on any atom is -0.282 e. The van der Waals surface area contributed by atoms with Crippen molar-refractivity contribution >= 4 is 45.5 Å². The number of nitro benzene ring substituents is 1. The third kappa shape index (κ3) is 2.97. The summed E-state index contributed by atoms with van der Waals surface area (Å²) in [6.07, 6.45) is 8.97. The number of hydrazone groups is 1. The van der Waals surface area contributed by atoms with Gasteiger partial charge in [0.2, 0.25) is 5.17 Å². The van der Waals surface area contributed by atoms with Crippen molar-refractivity contribution in [3.05, 3.63) is 45.5 Å². The summed E-state index contributed by atoms with van der Waals surface area (Å²) < 4.78 is 0. The average molecular weight is 436 g/mol. The van der Waals surface area contributed by atoms with E-state index in [1.165, 1.54) is 54.2 Å². The molecule has 4 fully saturated rings. The Morgan fingerprint density at radius 2 is 1.87 bits per heavy atom. The van der Waals surface area contributed by atoms with Gasteiger partial charge in [0.15, 0.2) is 5.84 Å². The number of fused-ring (bicyclic) bond motifs is 1. The summed E-state index contributed by atoms with van der Waals surface area (Å²) in [5, 5.41) is 27.4. The Morgan fingerprint density at radius 3 is 2.52 bits per heavy atom. The fourth-order valence-electron chi connectivity index (χ4n) is 6.47. The molecule has 4 saturated carbocycles. The fourth-order valence-corrected chi connectivity index (χ4v) is 7.58. The SMILES string of the molecule is N=C1/C(=C\c2cccc([N+](=O)[O-])c2)C(=O)N=C2SC(C34CC5CC(CC(C5)C3)C4)=NN12. The van der Waals surface area contributed by atoms with Gasteiger partial charge in [0.1, 0.15) is 5.04 Å². The molecule has 1 amide bonds. The number of thioether (sulfide) groups is 1. The predicted molar refractivity (Wildman–Crippen MR) is 119 cm³/mol. The van der Waals surface area contributed by atoms with E-state index in [0.29, 0.717) is 10.7 Å². The van der Waals surface area contributed by atoms with Gasteiger partial charge in [-0.15, -0.1) is 0 Å². The molecule has 158 valence electrons. The summed E-state index contributed by atoms with van der Waals surface area (Å²) in [7, 11) is 0. The van der Waals surface area contributed by atoms with Crippen LogP contribution >= 0.6 is 11.8 Å². The van der Waals surface area contributed by atoms with Gasteiger partial charge in [-0.2, -0.15) is 15.1 Å². The molecule has 0 unspecified atom stereocenters. The van der Waals surface area contributed by atoms with Crippen molar-refractivity contribution in [2.45, 2.75) is 38.5 Å². The number of rotatable bonds is 3. The molecule has 4 bridgehead atoms. The van der Waals surface area contributed by atoms with Gasteiger partial charge in [-0.3, -0.25) is 20.3 Å². The van der Waals surface area contributed by atoms with Crippen LogP contribution < -0.4 is 0 Å². The van der Waals surface area contributed by atoms with Crippen LogP contribution in [-0.4, -0.2) is 31.9 Å². The van der Waals surface area contributed by atoms with Crippen LogP contribution in [-0.2, 0) is 4.79 Å². The Balaban J connectivity index is 1.32. The van der Waals surface area contributed by atoms with Crippen molar-refractivity contribution in [3.63, 3.8) is 0 Å². The van der Waals surface area contributed by atoms with Gasteiger partial charge in [-0.05, 0) is 79.7 Å². The molecule has 9 heteroatoms. The number of nitro groups is 1. The maximum atomic E-state index is 12.7. The monoisotopic (exact) mass is 435 g/mol. The van der Waals surface area contributed by atoms with Crippen LogP contribution in [0.3, 0.4) is 0 Å². The van der Waals surface area contributed by atoms with E-state index in [1.807, 2.05) is 0 Å². The molecule has 8 nitrogen and oxygen atoms in total. The van der Waals surface area contributed by atoms with Crippen LogP contribution in [0.5, 0.6) is 0 Å². The number of amidine groups is 2. The fraction of sp³-hybridized carbons (Fsp3) is 0.455. The summed E-state index contributed by atoms with van der Waals surface area (Å²) >= 11 is 1.45. The first-order valence-corrected chi connectivity index (χ1v) is 11.5. The average Bonchev–Trinajstić information content (AvgIpc) is 3.15. The molecule has 1 aromatic carbocycles. The molecule has 6 aliphatic rings. The highest BCUT2D eigenvalue weighted by Crippen LogP contribution is 2.62. The Hall–Kier alpha value is -2.81. The molecule has 0 saturated heterocycles. The molecule has 2 aliphatic heterocycles. The van der Waals surface area contributed by atoms with Crippen LogP contribution in [0.15, 0.2) is 39.9 Å². The summed E-state index contributed by atoms with van der Waals surface area (Å²) in [5.41, 5.74) is 0.595. The van der Waals surface area contributed by atoms with Gasteiger partial charge in [0.25, 0.3) is 11.6 Å². The molecule has 0 atom stereocenters. The van der Waals surface area contributed by atoms with E-state index in [-0.39, 0.29) is 22.5 Å². The maximum Gasteiger partial charge on any atom is 0.283 e. The number of carbonyl (C=O) groups excluding carboxylic acids is 1. The van der Waals surface area contributed by atoms with E-state index in [2.05, 4.69) is 4.99 Å². The highest BCUT2D eigenvalue weighted by molar-refractivity contribution is 8.27. The van der Waals surface area contributed by atoms with Crippen molar-refractivity contribution in [2.24, 2.45) is 33.3 Å². The number of amides is 1. The highest BCUT2D eigenvalue weighted by atomic mass is 32.2. The zero-order valence-corrected chi connectivity index (χ0v) is 17.6. The molecule has 0 spiro atoms. The zero-order valence-electron chi connectivity index (χ0n) is 16.8. The van der Waals surface area contributed by atoms with Gasteiger partial charge >= 0.3 is 0 Å². The van der Waals surface area contributed by atoms with Gasteiger partial charge in [0.05, 0.1) is 10.5 Å². The number of benzene rings is 1. The lowest BCUT2D eigenvalue weighted by molar-refractivity contribution is -0.384. The third-order valence-corrected chi connectivity index (χ3v) is 8.49. The molecule has 1 N–H and O–H groups in total. The van der Waals surface area contributed by atoms with Gasteiger partial charge in [-0.1, -0.05) is 12.1 Å². The van der Waals surface area contributed by atoms with E-state index in [9.17, 15) is 14.9 Å². The summed E-state index contributed by atoms with van der Waals surface area (Å²) in [6.45, 7) is 0. The lowest BCUT2D eigenvalue weighted by atomic mass is 9.50. The van der Waals surface area contributed by atoms with Crippen molar-refractivity contribution in [2.75, 3.05) is 0 Å². The van der Waals surface area contributed by atoms with Crippen LogP contribution in [0, 0.1) is 38.7 Å². The van der Waals surface area contributed by atoms with Crippen molar-refractivity contribution in [1.82, 2.24) is 5.01 Å². The summed E-state index contributed by atoms with van der Waals surface area (Å²) in [4.78, 5) is 27.5. The van der Waals surface area contributed by atoms with Crippen molar-refractivity contribution in [3.8, 4) is 0 Å². The van der Waals surface area contributed by atoms with E-state index in [1.54, 1.807) is 12.1 Å². The number of nitrogens with zero attached hydrogens (tertiary/aromatic N) is 4. The maximum absolute atomic E-state index is 12.7. The molecule has 0 aromatic heterocycles. The molecule has 1 aromatic rings. The second-order valence-electron chi connectivity index (χ2n) is 9.48. The third-order valence-electron chi connectivity index (χ3n) is 7.34. The molecule has 4 aliphatic carbocycles. The second-order valence-corrected chi connectivity index (χ2v) is 10.4. The van der Waals surface area contributed by atoms with Crippen LogP contribution in [0.4, 0.5) is 5.69 Å². The van der Waals surface area contributed by atoms with Crippen LogP contribution in [0.2, 0.25) is 0 Å². The minimum absolute atomic E-state index is 0.0197. The Morgan fingerprint density at radius 1 is 1.19 bits per heavy atom. The van der Waals surface area contributed by atoms with Crippen LogP contribution in [0.1, 0.15) is 44.1 Å². The van der Waals surface area contributed by atoms with Gasteiger partial charge in [-0.25, -0.2) is 0 Å². The van der Waals surface area contributed by atoms with E-state index >= 15 is 0 Å². The van der Waals surface area contributed by atoms with Gasteiger partial charge in [0, 0.05) is 17.5 Å². The number of hydrogen-bond acceptors (Lipinski definition) is 6. The number of aliphatic imine (C=N–C) groups is 1. The summed E-state index contributed by atoms with van der Waals surface area (Å²) in [6, 6.07) is 6.01. The Kier molecular flexibility index (Phi) is 4.02. The van der Waals surface area contributed by atoms with Crippen molar-refractivity contribution in [1.29, 1.82) is 5.41 Å². The number of hydrogen-bond donors (Lipinski definition) is 1. The molecule has 31 heavy (non-hydrogen) atoms. The normalized spacial score (nSPS) is 34.8. The van der Waals surface area contributed by atoms with E-state index in [4.69, 9.17) is 10.5 Å². The van der Waals surface area contributed by atoms with Crippen molar-refractivity contribution < 1.29 is 9.72 Å². The van der Waals surface area contributed by atoms with E-state index < -0.39 is 10.8 Å². The first-order valence-electron chi connectivity index (χ1n) is 10.7. The standard InChI is InChI=1S/C22H21N5O3S/c23-18-17(8-12-2-1-3-16(7-12)27(29)30)19(28)24-21-26(18)25-20(31-21)22-9-13-4-14(10-22)6-15(5-13)11-22/h1-3,7-8,13-15,23H,4-6,9-11H2/b17-8+,23-18?. The highest BCUT2D eigenvalue weighted by Gasteiger charge is 2.55. The first-order chi connectivity index (χ1) is 14.9. The zero-order chi connectivity index (χ0) is 21.3. The molecule has 7 rings (SSSR count). The molecular formula is C22H21N5O3S. The molecule has 2 heterocycles. The lowest BCUT2D eigenvalue weighted by Gasteiger charge is -2.56. The number of nitrogens with one attached hydrogen (secondary N) is 1. The number of carbonyl (C=O) groups is 1. The smallest absolute Gasteiger partial charge is 0.282 e.